The highest BCUT2D eigenvalue weighted by molar-refractivity contribution is 6.51. The summed E-state index contributed by atoms with van der Waals surface area (Å²) in [4.78, 5) is 51.4. The quantitative estimate of drug-likeness (QED) is 0.165. The third-order valence-corrected chi connectivity index (χ3v) is 7.44. The average molecular weight is 621 g/mol. The minimum atomic E-state index is -0.912. The minimum Gasteiger partial charge on any atom is -0.493 e. The van der Waals surface area contributed by atoms with Crippen molar-refractivity contribution in [3.8, 4) is 17.2 Å². The Morgan fingerprint density at radius 2 is 1.62 bits per heavy atom. The molecule has 1 heterocycles. The number of ketones is 2. The lowest BCUT2D eigenvalue weighted by Gasteiger charge is -2.21. The van der Waals surface area contributed by atoms with Gasteiger partial charge in [0.2, 0.25) is 11.7 Å². The van der Waals surface area contributed by atoms with E-state index in [0.29, 0.717) is 53.5 Å². The molecule has 0 saturated carbocycles. The fourth-order valence-corrected chi connectivity index (χ4v) is 5.48. The highest BCUT2D eigenvalue weighted by Gasteiger charge is 2.35. The lowest BCUT2D eigenvalue weighted by Crippen LogP contribution is -2.36. The number of para-hydroxylation sites is 1. The van der Waals surface area contributed by atoms with Crippen molar-refractivity contribution in [1.82, 2.24) is 9.88 Å². The summed E-state index contributed by atoms with van der Waals surface area (Å²) >= 11 is 0. The molecule has 0 bridgehead atoms. The summed E-state index contributed by atoms with van der Waals surface area (Å²) < 4.78 is 23.7. The summed E-state index contributed by atoms with van der Waals surface area (Å²) in [5.74, 6) is -1.37. The predicted octanol–water partition coefficient (Wildman–Crippen LogP) is 3.97. The topological polar surface area (TPSA) is 142 Å². The van der Waals surface area contributed by atoms with Gasteiger partial charge in [-0.05, 0) is 51.0 Å². The van der Waals surface area contributed by atoms with E-state index in [2.05, 4.69) is 5.32 Å². The van der Waals surface area contributed by atoms with Crippen LogP contribution in [0, 0.1) is 5.92 Å². The maximum Gasteiger partial charge on any atom is 0.307 e. The van der Waals surface area contributed by atoms with Gasteiger partial charge in [-0.1, -0.05) is 18.2 Å². The number of amides is 1. The number of carbonyl (C=O) groups excluding carboxylic acids is 4. The number of nitrogens with zero attached hydrogens (tertiary/aromatic N) is 1. The zero-order valence-electron chi connectivity index (χ0n) is 26.5. The molecule has 1 amide bonds. The van der Waals surface area contributed by atoms with Crippen molar-refractivity contribution in [3.63, 3.8) is 0 Å². The molecule has 1 aromatic heterocycles. The molecule has 1 unspecified atom stereocenters. The van der Waals surface area contributed by atoms with Gasteiger partial charge in [-0.15, -0.1) is 0 Å². The monoisotopic (exact) mass is 620 g/mol. The molecule has 11 nitrogen and oxygen atoms in total. The summed E-state index contributed by atoms with van der Waals surface area (Å²) in [5, 5.41) is 13.3. The number of methoxy groups -OCH3 is 3. The number of rotatable bonds is 13. The first kappa shape index (κ1) is 33.3. The fourth-order valence-electron chi connectivity index (χ4n) is 5.48. The number of allylic oxidation sites excluding steroid dienone is 2. The van der Waals surface area contributed by atoms with Crippen molar-refractivity contribution in [2.45, 2.75) is 52.2 Å². The van der Waals surface area contributed by atoms with Crippen LogP contribution in [0.4, 0.5) is 0 Å². The van der Waals surface area contributed by atoms with Gasteiger partial charge >= 0.3 is 5.97 Å². The molecule has 4 rings (SSSR count). The average Bonchev–Trinajstić information content (AvgIpc) is 3.51. The molecule has 3 aromatic rings. The van der Waals surface area contributed by atoms with Crippen LogP contribution in [-0.4, -0.2) is 73.2 Å². The Morgan fingerprint density at radius 3 is 2.22 bits per heavy atom. The minimum absolute atomic E-state index is 0.221. The van der Waals surface area contributed by atoms with E-state index in [0.717, 1.165) is 10.9 Å². The van der Waals surface area contributed by atoms with Crippen LogP contribution in [-0.2, 0) is 30.5 Å². The largest absolute Gasteiger partial charge is 0.493 e. The molecule has 11 heteroatoms. The third-order valence-electron chi connectivity index (χ3n) is 7.44. The Labute approximate surface area is 262 Å². The van der Waals surface area contributed by atoms with Crippen molar-refractivity contribution in [3.05, 3.63) is 53.7 Å². The number of carbonyl (C=O) groups is 4. The molecule has 2 N–H and O–H groups in total. The van der Waals surface area contributed by atoms with Gasteiger partial charge < -0.3 is 33.9 Å². The van der Waals surface area contributed by atoms with Crippen LogP contribution in [0.15, 0.2) is 42.6 Å². The number of esters is 1. The van der Waals surface area contributed by atoms with Gasteiger partial charge in [0.25, 0.3) is 0 Å². The summed E-state index contributed by atoms with van der Waals surface area (Å²) in [6.45, 7) is 5.52. The zero-order valence-corrected chi connectivity index (χ0v) is 26.5. The molecule has 1 atom stereocenters. The smallest absolute Gasteiger partial charge is 0.307 e. The number of nitrogens with one attached hydrogen (secondary N) is 1. The second-order valence-electron chi connectivity index (χ2n) is 11.8. The second-order valence-corrected chi connectivity index (χ2v) is 11.8. The van der Waals surface area contributed by atoms with Gasteiger partial charge in [-0.25, -0.2) is 0 Å². The Balaban J connectivity index is 1.59. The van der Waals surface area contributed by atoms with Crippen LogP contribution < -0.4 is 19.5 Å². The number of aliphatic hydroxyl groups excluding tert-OH is 1. The molecule has 0 aliphatic heterocycles. The van der Waals surface area contributed by atoms with Gasteiger partial charge in [0.05, 0.1) is 46.7 Å². The second kappa shape index (κ2) is 14.0. The molecule has 1 aliphatic rings. The fraction of sp³-hybridized carbons (Fsp3) is 0.412. The summed E-state index contributed by atoms with van der Waals surface area (Å²) in [6.07, 6.45) is 1.92. The number of hydrogen-bond acceptors (Lipinski definition) is 9. The van der Waals surface area contributed by atoms with Crippen molar-refractivity contribution < 1.29 is 43.2 Å². The maximum atomic E-state index is 13.4. The number of aliphatic hydroxyl groups is 1. The molecule has 2 aromatic carbocycles. The van der Waals surface area contributed by atoms with E-state index in [1.165, 1.54) is 21.3 Å². The summed E-state index contributed by atoms with van der Waals surface area (Å²) in [6, 6.07) is 10.9. The van der Waals surface area contributed by atoms with Crippen molar-refractivity contribution in [2.24, 2.45) is 5.92 Å². The number of aromatic nitrogens is 1. The van der Waals surface area contributed by atoms with Crippen molar-refractivity contribution in [1.29, 1.82) is 0 Å². The highest BCUT2D eigenvalue weighted by atomic mass is 16.6. The molecular formula is C34H40N2O9. The standard InChI is InChI=1S/C34H40N2O9/c1-34(2,3)45-29(40)16-21(19-37)33(41)35-12-9-13-36-18-23(22-10-7-8-11-24(22)36)31-26(39)17-25(38)30(31)20-14-27(42-4)32(44-6)28(15-20)43-5/h7-8,10-11,14-15,18,21,37H,9,12-13,16-17,19H2,1-6H3,(H,35,41). The van der Waals surface area contributed by atoms with Gasteiger partial charge in [-0.3, -0.25) is 19.2 Å². The van der Waals surface area contributed by atoms with E-state index in [-0.39, 0.29) is 30.0 Å². The Morgan fingerprint density at radius 1 is 0.978 bits per heavy atom. The van der Waals surface area contributed by atoms with E-state index < -0.39 is 30.0 Å². The lowest BCUT2D eigenvalue weighted by atomic mass is 9.95. The first-order chi connectivity index (χ1) is 21.4. The SMILES string of the molecule is COc1cc(C2=C(c3cn(CCCNC(=O)C(CO)CC(=O)OC(C)(C)C)c4ccccc34)C(=O)CC2=O)cc(OC)c1OC. The van der Waals surface area contributed by atoms with E-state index in [9.17, 15) is 24.3 Å². The Bertz CT molecular complexity index is 1620. The van der Waals surface area contributed by atoms with Gasteiger partial charge in [0, 0.05) is 46.9 Å². The van der Waals surface area contributed by atoms with Gasteiger partial charge in [0.1, 0.15) is 5.60 Å². The first-order valence-electron chi connectivity index (χ1n) is 14.7. The molecule has 0 saturated heterocycles. The van der Waals surface area contributed by atoms with Gasteiger partial charge in [0.15, 0.2) is 23.1 Å². The number of ether oxygens (including phenoxy) is 4. The van der Waals surface area contributed by atoms with Crippen LogP contribution in [0.1, 0.15) is 51.2 Å². The van der Waals surface area contributed by atoms with Crippen LogP contribution in [0.3, 0.4) is 0 Å². The number of aryl methyl sites for hydroxylation is 1. The van der Waals surface area contributed by atoms with Crippen LogP contribution in [0.25, 0.3) is 22.0 Å². The van der Waals surface area contributed by atoms with Gasteiger partial charge in [-0.2, -0.15) is 0 Å². The Hall–Kier alpha value is -4.64. The molecule has 1 aliphatic carbocycles. The molecule has 45 heavy (non-hydrogen) atoms. The van der Waals surface area contributed by atoms with E-state index in [1.54, 1.807) is 32.9 Å². The van der Waals surface area contributed by atoms with Crippen molar-refractivity contribution in [2.75, 3.05) is 34.5 Å². The number of hydrogen-bond donors (Lipinski definition) is 2. The number of fused-ring (bicyclic) bond motifs is 1. The van der Waals surface area contributed by atoms with E-state index in [1.807, 2.05) is 35.0 Å². The molecular weight excluding hydrogens is 580 g/mol. The molecule has 0 radical (unpaired) electrons. The number of benzene rings is 2. The first-order valence-corrected chi connectivity index (χ1v) is 14.7. The molecule has 240 valence electrons. The highest BCUT2D eigenvalue weighted by Crippen LogP contribution is 2.44. The van der Waals surface area contributed by atoms with E-state index >= 15 is 0 Å². The maximum absolute atomic E-state index is 13.4. The van der Waals surface area contributed by atoms with Crippen LogP contribution in [0.5, 0.6) is 17.2 Å². The molecule has 0 fully saturated rings. The van der Waals surface area contributed by atoms with E-state index in [4.69, 9.17) is 18.9 Å². The molecule has 0 spiro atoms. The Kier molecular flexibility index (Phi) is 10.3. The predicted molar refractivity (Wildman–Crippen MR) is 168 cm³/mol. The lowest BCUT2D eigenvalue weighted by molar-refractivity contribution is -0.158. The number of Topliss-reactive ketones (excluding diaryl/α,β-unsaturated/α-hetero) is 2. The van der Waals surface area contributed by atoms with Crippen LogP contribution in [0.2, 0.25) is 0 Å². The van der Waals surface area contributed by atoms with Crippen LogP contribution >= 0.6 is 0 Å². The normalized spacial score (nSPS) is 14.1. The zero-order chi connectivity index (χ0) is 32.9. The summed E-state index contributed by atoms with van der Waals surface area (Å²) in [7, 11) is 4.46. The third kappa shape index (κ3) is 7.37. The van der Waals surface area contributed by atoms with Crippen molar-refractivity contribution >= 4 is 45.5 Å². The summed E-state index contributed by atoms with van der Waals surface area (Å²) in [5.41, 5.74) is 1.90.